The van der Waals surface area contributed by atoms with E-state index in [0.29, 0.717) is 25.0 Å². The van der Waals surface area contributed by atoms with Crippen LogP contribution in [-0.2, 0) is 9.47 Å². The van der Waals surface area contributed by atoms with Crippen LogP contribution in [0.25, 0.3) is 0 Å². The second-order valence-electron chi connectivity index (χ2n) is 6.47. The molecule has 3 rings (SSSR count). The lowest BCUT2D eigenvalue weighted by molar-refractivity contribution is -0.275. The smallest absolute Gasteiger partial charge is 0.172 e. The number of hydrogen-bond acceptors (Lipinski definition) is 4. The van der Waals surface area contributed by atoms with E-state index in [4.69, 9.17) is 9.47 Å². The average molecular weight is 282 g/mol. The van der Waals surface area contributed by atoms with E-state index in [-0.39, 0.29) is 18.1 Å². The molecule has 1 spiro atoms. The molecule has 4 nitrogen and oxygen atoms in total. The second-order valence-corrected chi connectivity index (χ2v) is 6.47. The van der Waals surface area contributed by atoms with Gasteiger partial charge in [-0.3, -0.25) is 0 Å². The lowest BCUT2D eigenvalue weighted by atomic mass is 9.69. The van der Waals surface area contributed by atoms with Gasteiger partial charge >= 0.3 is 0 Å². The molecule has 3 unspecified atom stereocenters. The topological polar surface area (TPSA) is 58.9 Å². The Morgan fingerprint density at radius 1 is 1.35 bits per heavy atom. The standard InChI is InChI=1S/C16H26O4/c1-2-3-4-12(17)6-5-11-9-14-13(15(11)18)10-16(14)19-7-8-20-16/h5-6,11-15,17-18H,2-4,7-10H2,1H3/t11?,12?,13-,14+,15?/m1/s1. The van der Waals surface area contributed by atoms with E-state index in [9.17, 15) is 10.2 Å². The minimum Gasteiger partial charge on any atom is -0.392 e. The van der Waals surface area contributed by atoms with Gasteiger partial charge in [0.05, 0.1) is 25.4 Å². The molecule has 5 atom stereocenters. The van der Waals surface area contributed by atoms with Crippen molar-refractivity contribution in [2.75, 3.05) is 13.2 Å². The average Bonchev–Trinajstić information content (AvgIpc) is 3.01. The molecule has 3 fully saturated rings. The predicted molar refractivity (Wildman–Crippen MR) is 75.0 cm³/mol. The monoisotopic (exact) mass is 282 g/mol. The summed E-state index contributed by atoms with van der Waals surface area (Å²) in [4.78, 5) is 0. The zero-order valence-corrected chi connectivity index (χ0v) is 12.2. The Hall–Kier alpha value is -0.420. The van der Waals surface area contributed by atoms with Crippen LogP contribution in [0.4, 0.5) is 0 Å². The number of unbranched alkanes of at least 4 members (excludes halogenated alkanes) is 1. The van der Waals surface area contributed by atoms with Crippen molar-refractivity contribution in [3.63, 3.8) is 0 Å². The molecule has 114 valence electrons. The number of rotatable bonds is 5. The summed E-state index contributed by atoms with van der Waals surface area (Å²) in [6.45, 7) is 3.47. The van der Waals surface area contributed by atoms with Gasteiger partial charge in [-0.05, 0) is 18.8 Å². The molecular weight excluding hydrogens is 256 g/mol. The van der Waals surface area contributed by atoms with Gasteiger partial charge in [0.2, 0.25) is 0 Å². The number of fused-ring (bicyclic) bond motifs is 2. The molecule has 1 heterocycles. The van der Waals surface area contributed by atoms with E-state index in [1.54, 1.807) is 0 Å². The normalized spacial score (nSPS) is 40.1. The molecule has 0 radical (unpaired) electrons. The minimum atomic E-state index is -0.394. The van der Waals surface area contributed by atoms with E-state index < -0.39 is 5.79 Å². The first-order valence-electron chi connectivity index (χ1n) is 7.98. The number of ether oxygens (including phenoxy) is 2. The zero-order valence-electron chi connectivity index (χ0n) is 12.2. The van der Waals surface area contributed by atoms with Gasteiger partial charge < -0.3 is 19.7 Å². The van der Waals surface area contributed by atoms with Crippen LogP contribution in [0.2, 0.25) is 0 Å². The van der Waals surface area contributed by atoms with E-state index in [1.165, 1.54) is 0 Å². The highest BCUT2D eigenvalue weighted by Gasteiger charge is 2.64. The highest BCUT2D eigenvalue weighted by atomic mass is 16.7. The van der Waals surface area contributed by atoms with E-state index >= 15 is 0 Å². The highest BCUT2D eigenvalue weighted by molar-refractivity contribution is 5.13. The molecule has 0 aromatic heterocycles. The van der Waals surface area contributed by atoms with Crippen LogP contribution in [0, 0.1) is 17.8 Å². The molecule has 4 heteroatoms. The van der Waals surface area contributed by atoms with Crippen LogP contribution in [0.3, 0.4) is 0 Å². The fraction of sp³-hybridized carbons (Fsp3) is 0.875. The lowest BCUT2D eigenvalue weighted by Gasteiger charge is -2.48. The molecule has 2 N–H and O–H groups in total. The van der Waals surface area contributed by atoms with Crippen molar-refractivity contribution in [1.29, 1.82) is 0 Å². The Labute approximate surface area is 120 Å². The predicted octanol–water partition coefficient (Wildman–Crippen LogP) is 1.85. The Morgan fingerprint density at radius 3 is 2.80 bits per heavy atom. The molecule has 20 heavy (non-hydrogen) atoms. The van der Waals surface area contributed by atoms with Gasteiger partial charge in [0.25, 0.3) is 0 Å². The van der Waals surface area contributed by atoms with Gasteiger partial charge in [-0.1, -0.05) is 31.9 Å². The van der Waals surface area contributed by atoms with Crippen molar-refractivity contribution in [1.82, 2.24) is 0 Å². The van der Waals surface area contributed by atoms with Gasteiger partial charge in [0.15, 0.2) is 5.79 Å². The zero-order chi connectivity index (χ0) is 14.2. The largest absolute Gasteiger partial charge is 0.392 e. The molecule has 1 aliphatic heterocycles. The Bertz CT molecular complexity index is 361. The van der Waals surface area contributed by atoms with Gasteiger partial charge in [-0.2, -0.15) is 0 Å². The third-order valence-electron chi connectivity index (χ3n) is 5.22. The SMILES string of the molecule is CCCCC(O)C=CC1C[C@H]2[C@@H](CC23OCCO3)C1O. The molecule has 3 aliphatic rings. The molecule has 1 saturated heterocycles. The summed E-state index contributed by atoms with van der Waals surface area (Å²) in [6, 6.07) is 0. The molecule has 0 bridgehead atoms. The molecule has 2 saturated carbocycles. The van der Waals surface area contributed by atoms with Gasteiger partial charge in [0.1, 0.15) is 0 Å². The third-order valence-corrected chi connectivity index (χ3v) is 5.22. The van der Waals surface area contributed by atoms with Gasteiger partial charge in [0, 0.05) is 18.3 Å². The quantitative estimate of drug-likeness (QED) is 0.756. The minimum absolute atomic E-state index is 0.133. The summed E-state index contributed by atoms with van der Waals surface area (Å²) in [6.07, 6.45) is 7.83. The van der Waals surface area contributed by atoms with Crippen LogP contribution < -0.4 is 0 Å². The molecule has 0 amide bonds. The van der Waals surface area contributed by atoms with E-state index in [2.05, 4.69) is 6.92 Å². The maximum Gasteiger partial charge on any atom is 0.172 e. The summed E-state index contributed by atoms with van der Waals surface area (Å²) in [5, 5.41) is 20.2. The summed E-state index contributed by atoms with van der Waals surface area (Å²) in [5.74, 6) is 0.362. The van der Waals surface area contributed by atoms with Crippen molar-refractivity contribution in [3.05, 3.63) is 12.2 Å². The first-order chi connectivity index (χ1) is 9.66. The van der Waals surface area contributed by atoms with Crippen molar-refractivity contribution in [2.45, 2.75) is 57.0 Å². The Kier molecular flexibility index (Phi) is 4.18. The highest BCUT2D eigenvalue weighted by Crippen LogP contribution is 2.59. The van der Waals surface area contributed by atoms with E-state index in [1.807, 2.05) is 12.2 Å². The van der Waals surface area contributed by atoms with E-state index in [0.717, 1.165) is 32.1 Å². The molecule has 0 aromatic carbocycles. The Balaban J connectivity index is 1.55. The summed E-state index contributed by atoms with van der Waals surface area (Å²) < 4.78 is 11.5. The maximum atomic E-state index is 10.4. The first-order valence-corrected chi connectivity index (χ1v) is 7.98. The third kappa shape index (κ3) is 2.43. The number of aliphatic hydroxyl groups is 2. The summed E-state index contributed by atoms with van der Waals surface area (Å²) >= 11 is 0. The van der Waals surface area contributed by atoms with Gasteiger partial charge in [-0.15, -0.1) is 0 Å². The first kappa shape index (κ1) is 14.5. The van der Waals surface area contributed by atoms with Gasteiger partial charge in [-0.25, -0.2) is 0 Å². The fourth-order valence-corrected chi connectivity index (χ4v) is 4.03. The molecular formula is C16H26O4. The van der Waals surface area contributed by atoms with Crippen molar-refractivity contribution in [2.24, 2.45) is 17.8 Å². The Morgan fingerprint density at radius 2 is 2.10 bits per heavy atom. The van der Waals surface area contributed by atoms with Crippen LogP contribution in [-0.4, -0.2) is 41.4 Å². The van der Waals surface area contributed by atoms with Crippen LogP contribution in [0.5, 0.6) is 0 Å². The van der Waals surface area contributed by atoms with Crippen LogP contribution in [0.15, 0.2) is 12.2 Å². The maximum absolute atomic E-state index is 10.4. The van der Waals surface area contributed by atoms with Crippen LogP contribution >= 0.6 is 0 Å². The number of aliphatic hydroxyl groups excluding tert-OH is 2. The number of hydrogen-bond donors (Lipinski definition) is 2. The van der Waals surface area contributed by atoms with Crippen molar-refractivity contribution < 1.29 is 19.7 Å². The van der Waals surface area contributed by atoms with Crippen LogP contribution in [0.1, 0.15) is 39.0 Å². The van der Waals surface area contributed by atoms with Crippen molar-refractivity contribution >= 4 is 0 Å². The summed E-state index contributed by atoms with van der Waals surface area (Å²) in [5.41, 5.74) is 0. The summed E-state index contributed by atoms with van der Waals surface area (Å²) in [7, 11) is 0. The fourth-order valence-electron chi connectivity index (χ4n) is 4.03. The second kappa shape index (κ2) is 5.76. The molecule has 2 aliphatic carbocycles. The molecule has 0 aromatic rings. The van der Waals surface area contributed by atoms with Crippen molar-refractivity contribution in [3.8, 4) is 0 Å². The lowest BCUT2D eigenvalue weighted by Crippen LogP contribution is -2.54.